The molecule has 0 fully saturated rings. The average Bonchev–Trinajstić information content (AvgIpc) is 2.96. The van der Waals surface area contributed by atoms with Gasteiger partial charge in [-0.3, -0.25) is 14.1 Å². The molecule has 28 heavy (non-hydrogen) atoms. The van der Waals surface area contributed by atoms with Crippen molar-refractivity contribution in [3.63, 3.8) is 0 Å². The molecule has 0 saturated carbocycles. The van der Waals surface area contributed by atoms with Crippen molar-refractivity contribution in [3.05, 3.63) is 52.0 Å². The van der Waals surface area contributed by atoms with Crippen LogP contribution < -0.4 is 15.2 Å². The minimum atomic E-state index is -4.04. The molecule has 0 aliphatic rings. The van der Waals surface area contributed by atoms with Crippen LogP contribution in [0.15, 0.2) is 50.5 Å². The molecule has 3 rings (SSSR count). The van der Waals surface area contributed by atoms with Gasteiger partial charge in [0.25, 0.3) is 10.0 Å². The van der Waals surface area contributed by atoms with Crippen LogP contribution >= 0.6 is 11.6 Å². The Morgan fingerprint density at radius 2 is 1.96 bits per heavy atom. The summed E-state index contributed by atoms with van der Waals surface area (Å²) in [6, 6.07) is 8.32. The first kappa shape index (κ1) is 19.8. The van der Waals surface area contributed by atoms with Gasteiger partial charge in [-0.2, -0.15) is 0 Å². The van der Waals surface area contributed by atoms with Gasteiger partial charge in [-0.25, -0.2) is 13.2 Å². The minimum Gasteiger partial charge on any atom is -0.495 e. The molecule has 1 aromatic heterocycles. The molecule has 9 nitrogen and oxygen atoms in total. The van der Waals surface area contributed by atoms with Gasteiger partial charge < -0.3 is 13.9 Å². The average molecular weight is 427 g/mol. The Balaban J connectivity index is 2.00. The van der Waals surface area contributed by atoms with Gasteiger partial charge in [-0.15, -0.1) is 0 Å². The van der Waals surface area contributed by atoms with Crippen LogP contribution in [-0.4, -0.2) is 33.2 Å². The molecule has 0 atom stereocenters. The van der Waals surface area contributed by atoms with Crippen molar-refractivity contribution < 1.29 is 27.1 Å². The molecule has 0 unspecified atom stereocenters. The minimum absolute atomic E-state index is 0.00911. The molecule has 0 aliphatic heterocycles. The van der Waals surface area contributed by atoms with E-state index in [1.54, 1.807) is 6.07 Å². The van der Waals surface area contributed by atoms with E-state index in [0.29, 0.717) is 5.02 Å². The highest BCUT2D eigenvalue weighted by atomic mass is 35.5. The number of benzene rings is 2. The van der Waals surface area contributed by atoms with E-state index in [4.69, 9.17) is 20.8 Å². The lowest BCUT2D eigenvalue weighted by Gasteiger charge is -2.12. The summed E-state index contributed by atoms with van der Waals surface area (Å²) < 4.78 is 43.6. The number of sulfonamides is 1. The van der Waals surface area contributed by atoms with Crippen LogP contribution in [0.2, 0.25) is 5.02 Å². The second kappa shape index (κ2) is 7.56. The van der Waals surface area contributed by atoms with Gasteiger partial charge in [0.2, 0.25) is 0 Å². The number of carbonyl (C=O) groups is 1. The number of hydrogen-bond donors (Lipinski definition) is 1. The third-order valence-electron chi connectivity index (χ3n) is 3.87. The molecule has 0 amide bonds. The number of ether oxygens (including phenoxy) is 2. The molecule has 0 bridgehead atoms. The maximum Gasteiger partial charge on any atom is 0.420 e. The number of fused-ring (bicyclic) bond motifs is 1. The maximum atomic E-state index is 12.7. The Morgan fingerprint density at radius 3 is 2.64 bits per heavy atom. The molecule has 0 radical (unpaired) electrons. The van der Waals surface area contributed by atoms with Crippen molar-refractivity contribution in [2.45, 2.75) is 11.4 Å². The van der Waals surface area contributed by atoms with Crippen LogP contribution in [0.4, 0.5) is 5.69 Å². The molecule has 0 saturated heterocycles. The summed E-state index contributed by atoms with van der Waals surface area (Å²) in [5.41, 5.74) is 0.421. The van der Waals surface area contributed by atoms with E-state index >= 15 is 0 Å². The van der Waals surface area contributed by atoms with Crippen LogP contribution in [0.1, 0.15) is 0 Å². The fourth-order valence-electron chi connectivity index (χ4n) is 2.52. The van der Waals surface area contributed by atoms with Gasteiger partial charge in [0.15, 0.2) is 5.58 Å². The summed E-state index contributed by atoms with van der Waals surface area (Å²) >= 11 is 5.92. The van der Waals surface area contributed by atoms with Crippen molar-refractivity contribution in [3.8, 4) is 5.75 Å². The fourth-order valence-corrected chi connectivity index (χ4v) is 3.77. The molecule has 11 heteroatoms. The Kier molecular flexibility index (Phi) is 5.34. The topological polar surface area (TPSA) is 117 Å². The Bertz CT molecular complexity index is 1210. The number of hydrogen-bond acceptors (Lipinski definition) is 7. The zero-order valence-corrected chi connectivity index (χ0v) is 16.3. The van der Waals surface area contributed by atoms with Crippen LogP contribution in [-0.2, 0) is 26.1 Å². The van der Waals surface area contributed by atoms with Crippen LogP contribution in [0.25, 0.3) is 11.1 Å². The van der Waals surface area contributed by atoms with Gasteiger partial charge in [0.05, 0.1) is 30.3 Å². The van der Waals surface area contributed by atoms with E-state index < -0.39 is 21.7 Å². The summed E-state index contributed by atoms with van der Waals surface area (Å²) in [5, 5.41) is 0.319. The van der Waals surface area contributed by atoms with Crippen LogP contribution in [0.5, 0.6) is 5.75 Å². The smallest absolute Gasteiger partial charge is 0.420 e. The third kappa shape index (κ3) is 3.82. The zero-order valence-electron chi connectivity index (χ0n) is 14.8. The van der Waals surface area contributed by atoms with Crippen LogP contribution in [0.3, 0.4) is 0 Å². The molecule has 3 aromatic rings. The molecule has 0 spiro atoms. The summed E-state index contributed by atoms with van der Waals surface area (Å²) in [6.45, 7) is -0.355. The molecular formula is C17H15ClN2O7S. The van der Waals surface area contributed by atoms with Crippen molar-refractivity contribution >= 4 is 44.4 Å². The molecule has 2 aromatic carbocycles. The summed E-state index contributed by atoms with van der Waals surface area (Å²) in [4.78, 5) is 23.2. The highest BCUT2D eigenvalue weighted by Gasteiger charge is 2.20. The monoisotopic (exact) mass is 426 g/mol. The Hall–Kier alpha value is -2.98. The first-order valence-electron chi connectivity index (χ1n) is 7.81. The van der Waals surface area contributed by atoms with E-state index in [1.807, 2.05) is 0 Å². The Morgan fingerprint density at radius 1 is 1.21 bits per heavy atom. The number of aromatic nitrogens is 1. The molecule has 1 N–H and O–H groups in total. The standard InChI is InChI=1S/C17H15ClN2O7S/c1-25-14-6-3-10(18)7-12(14)19-28(23,24)11-4-5-13-15(8-11)27-17(22)20(13)9-16(21)26-2/h3-8,19H,9H2,1-2H3. The highest BCUT2D eigenvalue weighted by molar-refractivity contribution is 7.92. The lowest BCUT2D eigenvalue weighted by Crippen LogP contribution is -2.20. The third-order valence-corrected chi connectivity index (χ3v) is 5.47. The quantitative estimate of drug-likeness (QED) is 0.600. The van der Waals surface area contributed by atoms with Crippen molar-refractivity contribution in [1.29, 1.82) is 0 Å². The second-order valence-corrected chi connectivity index (χ2v) is 7.73. The number of nitrogens with one attached hydrogen (secondary N) is 1. The predicted octanol–water partition coefficient (Wildman–Crippen LogP) is 2.23. The lowest BCUT2D eigenvalue weighted by atomic mass is 10.3. The van der Waals surface area contributed by atoms with Gasteiger partial charge in [0, 0.05) is 11.1 Å². The first-order chi connectivity index (χ1) is 13.2. The first-order valence-corrected chi connectivity index (χ1v) is 9.68. The normalized spacial score (nSPS) is 11.4. The highest BCUT2D eigenvalue weighted by Crippen LogP contribution is 2.30. The molecule has 0 aliphatic carbocycles. The fraction of sp³-hybridized carbons (Fsp3) is 0.176. The number of methoxy groups -OCH3 is 2. The summed E-state index contributed by atoms with van der Waals surface area (Å²) in [5.74, 6) is -1.17. The number of halogens is 1. The SMILES string of the molecule is COC(=O)Cn1c(=O)oc2cc(S(=O)(=O)Nc3cc(Cl)ccc3OC)ccc21. The van der Waals surface area contributed by atoms with E-state index in [0.717, 1.165) is 4.57 Å². The Labute approximate surface area is 164 Å². The summed E-state index contributed by atoms with van der Waals surface area (Å²) in [6.07, 6.45) is 0. The van der Waals surface area contributed by atoms with Gasteiger partial charge in [-0.1, -0.05) is 11.6 Å². The number of anilines is 1. The van der Waals surface area contributed by atoms with Crippen molar-refractivity contribution in [2.24, 2.45) is 0 Å². The number of rotatable bonds is 6. The number of carbonyl (C=O) groups excluding carboxylic acids is 1. The van der Waals surface area contributed by atoms with Gasteiger partial charge in [-0.05, 0) is 30.3 Å². The van der Waals surface area contributed by atoms with E-state index in [1.165, 1.54) is 44.6 Å². The largest absolute Gasteiger partial charge is 0.495 e. The van der Waals surface area contributed by atoms with Crippen LogP contribution in [0, 0.1) is 0 Å². The number of oxazole rings is 1. The van der Waals surface area contributed by atoms with E-state index in [9.17, 15) is 18.0 Å². The molecule has 148 valence electrons. The van der Waals surface area contributed by atoms with E-state index in [-0.39, 0.29) is 34.0 Å². The predicted molar refractivity (Wildman–Crippen MR) is 101 cm³/mol. The lowest BCUT2D eigenvalue weighted by molar-refractivity contribution is -0.141. The molecular weight excluding hydrogens is 412 g/mol. The van der Waals surface area contributed by atoms with Gasteiger partial charge >= 0.3 is 11.7 Å². The second-order valence-electron chi connectivity index (χ2n) is 5.61. The zero-order chi connectivity index (χ0) is 20.5. The van der Waals surface area contributed by atoms with E-state index in [2.05, 4.69) is 9.46 Å². The number of esters is 1. The maximum absolute atomic E-state index is 12.7. The number of nitrogens with zero attached hydrogens (tertiary/aromatic N) is 1. The van der Waals surface area contributed by atoms with Gasteiger partial charge in [0.1, 0.15) is 12.3 Å². The molecule has 1 heterocycles. The summed E-state index contributed by atoms with van der Waals surface area (Å²) in [7, 11) is -1.45. The van der Waals surface area contributed by atoms with Crippen molar-refractivity contribution in [1.82, 2.24) is 4.57 Å². The van der Waals surface area contributed by atoms with Crippen molar-refractivity contribution in [2.75, 3.05) is 18.9 Å².